The predicted molar refractivity (Wildman–Crippen MR) is 69.6 cm³/mol. The molecule has 1 rings (SSSR count). The smallest absolute Gasteiger partial charge is 0.401 e. The maximum atomic E-state index is 9.05. The molecule has 1 atom stereocenters. The first kappa shape index (κ1) is 15.9. The van der Waals surface area contributed by atoms with E-state index in [0.29, 0.717) is 0 Å². The van der Waals surface area contributed by atoms with E-state index < -0.39 is 5.43 Å². The van der Waals surface area contributed by atoms with E-state index in [1.807, 2.05) is 13.0 Å². The fourth-order valence-electron chi connectivity index (χ4n) is 1.41. The van der Waals surface area contributed by atoms with Crippen molar-refractivity contribution in [2.24, 2.45) is 0 Å². The number of rotatable bonds is 5. The van der Waals surface area contributed by atoms with Crippen molar-refractivity contribution in [1.82, 2.24) is 0 Å². The quantitative estimate of drug-likeness (QED) is 0.626. The van der Waals surface area contributed by atoms with Gasteiger partial charge in [-0.05, 0) is 31.7 Å². The van der Waals surface area contributed by atoms with Gasteiger partial charge in [0, 0.05) is 11.6 Å². The van der Waals surface area contributed by atoms with Crippen molar-refractivity contribution in [2.75, 3.05) is 0 Å². The first-order valence-corrected chi connectivity index (χ1v) is 6.00. The summed E-state index contributed by atoms with van der Waals surface area (Å²) >= 11 is 4.19. The number of hydrogen-bond acceptors (Lipinski definition) is 2. The van der Waals surface area contributed by atoms with Crippen LogP contribution < -0.4 is 0 Å². The molecule has 1 aromatic carbocycles. The Kier molecular flexibility index (Phi) is 9.49. The topological polar surface area (TPSA) is 57.5 Å². The molecule has 0 aliphatic rings. The minimum atomic E-state index is -1.36. The lowest BCUT2D eigenvalue weighted by Crippen LogP contribution is -1.98. The highest BCUT2D eigenvalue weighted by Gasteiger charge is 1.96. The summed E-state index contributed by atoms with van der Waals surface area (Å²) in [5.74, 6) is 0. The first-order valence-electron chi connectivity index (χ1n) is 5.62. The standard InChI is InChI=1S/C12H18O.CHClO2/c1-11(13)7-5-6-10-12-8-3-2-4-9-12;2-1(3)4/h2-4,8-9,11,13H,5-7,10H2,1H3;(H,3,4). The van der Waals surface area contributed by atoms with Crippen LogP contribution >= 0.6 is 11.6 Å². The molecule has 0 bridgehead atoms. The molecule has 17 heavy (non-hydrogen) atoms. The van der Waals surface area contributed by atoms with Gasteiger partial charge in [0.25, 0.3) is 0 Å². The van der Waals surface area contributed by atoms with Crippen LogP contribution in [0.1, 0.15) is 31.7 Å². The Balaban J connectivity index is 0.000000557. The van der Waals surface area contributed by atoms with E-state index in [1.165, 1.54) is 12.0 Å². The highest BCUT2D eigenvalue weighted by atomic mass is 35.5. The van der Waals surface area contributed by atoms with Gasteiger partial charge < -0.3 is 10.2 Å². The molecule has 1 unspecified atom stereocenters. The molecule has 0 amide bonds. The third kappa shape index (κ3) is 12.9. The van der Waals surface area contributed by atoms with Crippen molar-refractivity contribution in [3.05, 3.63) is 35.9 Å². The molecular weight excluding hydrogens is 240 g/mol. The van der Waals surface area contributed by atoms with Gasteiger partial charge in [-0.2, -0.15) is 0 Å². The van der Waals surface area contributed by atoms with Crippen LogP contribution in [0, 0.1) is 0 Å². The van der Waals surface area contributed by atoms with Crippen molar-refractivity contribution < 1.29 is 15.0 Å². The lowest BCUT2D eigenvalue weighted by atomic mass is 10.1. The third-order valence-corrected chi connectivity index (χ3v) is 2.18. The second-order valence-corrected chi connectivity index (χ2v) is 4.16. The first-order chi connectivity index (χ1) is 8.02. The molecule has 0 saturated heterocycles. The van der Waals surface area contributed by atoms with Crippen molar-refractivity contribution in [3.63, 3.8) is 0 Å². The summed E-state index contributed by atoms with van der Waals surface area (Å²) < 4.78 is 0. The van der Waals surface area contributed by atoms with Gasteiger partial charge >= 0.3 is 5.43 Å². The number of aliphatic hydroxyl groups is 1. The van der Waals surface area contributed by atoms with Crippen LogP contribution in [0.4, 0.5) is 4.79 Å². The minimum absolute atomic E-state index is 0.143. The third-order valence-electron chi connectivity index (χ3n) is 2.18. The summed E-state index contributed by atoms with van der Waals surface area (Å²) in [5.41, 5.74) is 0.0353. The number of aryl methyl sites for hydroxylation is 1. The molecule has 3 nitrogen and oxygen atoms in total. The maximum absolute atomic E-state index is 9.05. The SMILES string of the molecule is CC(O)CCCCc1ccccc1.O=C(O)Cl. The van der Waals surface area contributed by atoms with E-state index in [1.54, 1.807) is 0 Å². The number of aliphatic hydroxyl groups excluding tert-OH is 1. The number of carbonyl (C=O) groups is 1. The zero-order chi connectivity index (χ0) is 13.1. The van der Waals surface area contributed by atoms with Gasteiger partial charge in [-0.1, -0.05) is 36.8 Å². The van der Waals surface area contributed by atoms with Crippen LogP contribution in [0.5, 0.6) is 0 Å². The molecule has 0 fully saturated rings. The summed E-state index contributed by atoms with van der Waals surface area (Å²) in [6, 6.07) is 10.5. The maximum Gasteiger partial charge on any atom is 0.401 e. The molecule has 0 spiro atoms. The molecule has 0 saturated carbocycles. The molecule has 1 aromatic rings. The van der Waals surface area contributed by atoms with Crippen LogP contribution in [0.2, 0.25) is 0 Å². The molecule has 0 aliphatic carbocycles. The van der Waals surface area contributed by atoms with E-state index in [9.17, 15) is 0 Å². The largest absolute Gasteiger partial charge is 0.469 e. The molecule has 0 aliphatic heterocycles. The summed E-state index contributed by atoms with van der Waals surface area (Å²) in [6.07, 6.45) is 4.21. The predicted octanol–water partition coefficient (Wildman–Crippen LogP) is 3.68. The number of halogens is 1. The van der Waals surface area contributed by atoms with E-state index >= 15 is 0 Å². The number of hydrogen-bond donors (Lipinski definition) is 2. The Labute approximate surface area is 107 Å². The number of benzene rings is 1. The van der Waals surface area contributed by atoms with Crippen LogP contribution in [0.25, 0.3) is 0 Å². The van der Waals surface area contributed by atoms with Crippen molar-refractivity contribution in [2.45, 2.75) is 38.7 Å². The monoisotopic (exact) mass is 258 g/mol. The highest BCUT2D eigenvalue weighted by Crippen LogP contribution is 2.07. The molecule has 96 valence electrons. The van der Waals surface area contributed by atoms with Gasteiger partial charge in [0.15, 0.2) is 0 Å². The van der Waals surface area contributed by atoms with E-state index in [-0.39, 0.29) is 6.10 Å². The second kappa shape index (κ2) is 10.1. The van der Waals surface area contributed by atoms with Crippen molar-refractivity contribution in [1.29, 1.82) is 0 Å². The molecule has 0 radical (unpaired) electrons. The fourth-order valence-corrected chi connectivity index (χ4v) is 1.41. The molecule has 4 heteroatoms. The molecule has 2 N–H and O–H groups in total. The zero-order valence-corrected chi connectivity index (χ0v) is 10.7. The van der Waals surface area contributed by atoms with E-state index in [0.717, 1.165) is 19.3 Å². The number of unbranched alkanes of at least 4 members (excludes halogenated alkanes) is 1. The van der Waals surface area contributed by atoms with Crippen molar-refractivity contribution in [3.8, 4) is 0 Å². The normalized spacial score (nSPS) is 11.2. The average molecular weight is 259 g/mol. The fraction of sp³-hybridized carbons (Fsp3) is 0.462. The van der Waals surface area contributed by atoms with Crippen LogP contribution in [0.15, 0.2) is 30.3 Å². The van der Waals surface area contributed by atoms with Crippen LogP contribution in [0.3, 0.4) is 0 Å². The van der Waals surface area contributed by atoms with Crippen LogP contribution in [-0.4, -0.2) is 21.7 Å². The van der Waals surface area contributed by atoms with E-state index in [4.69, 9.17) is 15.0 Å². The molecule has 0 aromatic heterocycles. The zero-order valence-electron chi connectivity index (χ0n) is 9.97. The number of carboxylic acid groups (broad SMARTS) is 1. The van der Waals surface area contributed by atoms with Crippen LogP contribution in [-0.2, 0) is 6.42 Å². The van der Waals surface area contributed by atoms with Gasteiger partial charge in [0.1, 0.15) is 0 Å². The summed E-state index contributed by atoms with van der Waals surface area (Å²) in [5, 5.41) is 16.2. The van der Waals surface area contributed by atoms with Crippen molar-refractivity contribution >= 4 is 17.0 Å². The van der Waals surface area contributed by atoms with Gasteiger partial charge in [0.05, 0.1) is 6.10 Å². The van der Waals surface area contributed by atoms with Gasteiger partial charge in [-0.25, -0.2) is 4.79 Å². The lowest BCUT2D eigenvalue weighted by molar-refractivity contribution is 0.180. The Morgan fingerprint density at radius 2 is 1.82 bits per heavy atom. The minimum Gasteiger partial charge on any atom is -0.469 e. The summed E-state index contributed by atoms with van der Waals surface area (Å²) in [4.78, 5) is 8.77. The van der Waals surface area contributed by atoms with Gasteiger partial charge in [0.2, 0.25) is 0 Å². The highest BCUT2D eigenvalue weighted by molar-refractivity contribution is 6.60. The summed E-state index contributed by atoms with van der Waals surface area (Å²) in [7, 11) is 0. The Morgan fingerprint density at radius 1 is 1.29 bits per heavy atom. The Hall–Kier alpha value is -1.06. The van der Waals surface area contributed by atoms with E-state index in [2.05, 4.69) is 35.9 Å². The second-order valence-electron chi connectivity index (χ2n) is 3.83. The lowest BCUT2D eigenvalue weighted by Gasteiger charge is -2.03. The summed E-state index contributed by atoms with van der Waals surface area (Å²) in [6.45, 7) is 1.85. The molecular formula is C13H19ClO3. The Morgan fingerprint density at radius 3 is 2.29 bits per heavy atom. The Bertz CT molecular complexity index is 295. The van der Waals surface area contributed by atoms with Gasteiger partial charge in [-0.15, -0.1) is 0 Å². The average Bonchev–Trinajstić information content (AvgIpc) is 2.25. The van der Waals surface area contributed by atoms with Gasteiger partial charge in [-0.3, -0.25) is 0 Å². The molecule has 0 heterocycles.